The minimum atomic E-state index is -0.0111. The summed E-state index contributed by atoms with van der Waals surface area (Å²) in [5.41, 5.74) is 4.50. The fourth-order valence-corrected chi connectivity index (χ4v) is 4.40. The maximum atomic E-state index is 13.0. The zero-order chi connectivity index (χ0) is 19.0. The summed E-state index contributed by atoms with van der Waals surface area (Å²) in [6, 6.07) is 4.02. The van der Waals surface area contributed by atoms with Gasteiger partial charge in [0.15, 0.2) is 0 Å². The van der Waals surface area contributed by atoms with Crippen LogP contribution in [-0.2, 0) is 6.42 Å². The summed E-state index contributed by atoms with van der Waals surface area (Å²) in [7, 11) is 0. The van der Waals surface area contributed by atoms with Gasteiger partial charge in [0.2, 0.25) is 0 Å². The molecule has 7 nitrogen and oxygen atoms in total. The lowest BCUT2D eigenvalue weighted by molar-refractivity contribution is 0.0736. The SMILES string of the molecule is CCc1nnsc1C(=O)N1CCC[C@@H]1c1ccc(-c2c(C)noc2C)cn1. The molecule has 4 rings (SSSR count). The predicted molar refractivity (Wildman–Crippen MR) is 102 cm³/mol. The smallest absolute Gasteiger partial charge is 0.268 e. The predicted octanol–water partition coefficient (Wildman–Crippen LogP) is 3.74. The molecule has 1 aliphatic heterocycles. The van der Waals surface area contributed by atoms with Crippen molar-refractivity contribution in [2.24, 2.45) is 0 Å². The molecule has 4 heterocycles. The molecular weight excluding hydrogens is 362 g/mol. The minimum Gasteiger partial charge on any atom is -0.361 e. The van der Waals surface area contributed by atoms with Crippen LogP contribution in [0.15, 0.2) is 22.9 Å². The van der Waals surface area contributed by atoms with E-state index in [1.54, 1.807) is 0 Å². The second kappa shape index (κ2) is 7.19. The molecule has 27 heavy (non-hydrogen) atoms. The molecular formula is C19H21N5O2S. The van der Waals surface area contributed by atoms with Crippen molar-refractivity contribution in [2.45, 2.75) is 46.1 Å². The molecule has 0 radical (unpaired) electrons. The summed E-state index contributed by atoms with van der Waals surface area (Å²) in [6.07, 6.45) is 4.43. The van der Waals surface area contributed by atoms with Crippen molar-refractivity contribution in [2.75, 3.05) is 6.54 Å². The number of pyridine rings is 1. The van der Waals surface area contributed by atoms with Crippen molar-refractivity contribution in [3.8, 4) is 11.1 Å². The molecule has 1 atom stereocenters. The lowest BCUT2D eigenvalue weighted by Gasteiger charge is -2.24. The highest BCUT2D eigenvalue weighted by molar-refractivity contribution is 7.08. The van der Waals surface area contributed by atoms with Gasteiger partial charge in [-0.25, -0.2) is 0 Å². The van der Waals surface area contributed by atoms with E-state index in [1.165, 1.54) is 11.5 Å². The Labute approximate surface area is 161 Å². The van der Waals surface area contributed by atoms with Crippen LogP contribution in [-0.4, -0.2) is 37.1 Å². The van der Waals surface area contributed by atoms with Crippen LogP contribution in [0.3, 0.4) is 0 Å². The highest BCUT2D eigenvalue weighted by Gasteiger charge is 2.33. The second-order valence-electron chi connectivity index (χ2n) is 6.73. The van der Waals surface area contributed by atoms with Crippen LogP contribution in [0.2, 0.25) is 0 Å². The van der Waals surface area contributed by atoms with Crippen LogP contribution in [0.25, 0.3) is 11.1 Å². The molecule has 1 fully saturated rings. The van der Waals surface area contributed by atoms with Gasteiger partial charge in [-0.2, -0.15) is 0 Å². The zero-order valence-corrected chi connectivity index (χ0v) is 16.4. The first-order valence-corrected chi connectivity index (χ1v) is 9.88. The molecule has 0 aliphatic carbocycles. The van der Waals surface area contributed by atoms with E-state index in [0.29, 0.717) is 11.3 Å². The molecule has 3 aromatic rings. The van der Waals surface area contributed by atoms with E-state index in [2.05, 4.69) is 19.7 Å². The maximum Gasteiger partial charge on any atom is 0.268 e. The molecule has 0 unspecified atom stereocenters. The first kappa shape index (κ1) is 17.8. The first-order chi connectivity index (χ1) is 13.1. The third kappa shape index (κ3) is 3.14. The van der Waals surface area contributed by atoms with Gasteiger partial charge in [-0.1, -0.05) is 22.6 Å². The topological polar surface area (TPSA) is 85.0 Å². The molecule has 1 amide bonds. The van der Waals surface area contributed by atoms with Crippen molar-refractivity contribution in [1.29, 1.82) is 0 Å². The molecule has 0 spiro atoms. The van der Waals surface area contributed by atoms with Crippen LogP contribution in [0.1, 0.15) is 58.3 Å². The van der Waals surface area contributed by atoms with Crippen LogP contribution in [0.5, 0.6) is 0 Å². The fourth-order valence-electron chi connectivity index (χ4n) is 3.70. The van der Waals surface area contributed by atoms with Crippen molar-refractivity contribution in [3.63, 3.8) is 0 Å². The Kier molecular flexibility index (Phi) is 4.73. The number of amides is 1. The van der Waals surface area contributed by atoms with Gasteiger partial charge in [0, 0.05) is 23.9 Å². The quantitative estimate of drug-likeness (QED) is 0.682. The van der Waals surface area contributed by atoms with E-state index >= 15 is 0 Å². The average Bonchev–Trinajstić information content (AvgIpc) is 3.41. The third-order valence-corrected chi connectivity index (χ3v) is 5.80. The average molecular weight is 383 g/mol. The van der Waals surface area contributed by atoms with Gasteiger partial charge in [-0.05, 0) is 50.7 Å². The summed E-state index contributed by atoms with van der Waals surface area (Å²) >= 11 is 1.18. The van der Waals surface area contributed by atoms with E-state index in [0.717, 1.165) is 53.4 Å². The number of hydrogen-bond acceptors (Lipinski definition) is 7. The summed E-state index contributed by atoms with van der Waals surface area (Å²) in [5, 5.41) is 8.08. The lowest BCUT2D eigenvalue weighted by atomic mass is 10.0. The molecule has 140 valence electrons. The number of carbonyl (C=O) groups is 1. The van der Waals surface area contributed by atoms with Crippen LogP contribution < -0.4 is 0 Å². The molecule has 0 N–H and O–H groups in total. The largest absolute Gasteiger partial charge is 0.361 e. The van der Waals surface area contributed by atoms with Gasteiger partial charge in [0.1, 0.15) is 10.6 Å². The Hall–Kier alpha value is -2.61. The Morgan fingerprint density at radius 3 is 2.89 bits per heavy atom. The zero-order valence-electron chi connectivity index (χ0n) is 15.6. The standard InChI is InChI=1S/C19H21N5O2S/c1-4-14-18(27-23-21-14)19(25)24-9-5-6-16(24)15-8-7-13(10-20-15)17-11(2)22-26-12(17)3/h7-8,10,16H,4-6,9H2,1-3H3/t16-/m1/s1. The van der Waals surface area contributed by atoms with Gasteiger partial charge in [-0.3, -0.25) is 9.78 Å². The number of aryl methyl sites for hydroxylation is 3. The van der Waals surface area contributed by atoms with Crippen LogP contribution >= 0.6 is 11.5 Å². The normalized spacial score (nSPS) is 16.9. The molecule has 0 saturated carbocycles. The van der Waals surface area contributed by atoms with E-state index in [-0.39, 0.29) is 11.9 Å². The van der Waals surface area contributed by atoms with Crippen molar-refractivity contribution < 1.29 is 9.32 Å². The number of aromatic nitrogens is 4. The highest BCUT2D eigenvalue weighted by Crippen LogP contribution is 2.34. The third-order valence-electron chi connectivity index (χ3n) is 5.05. The fraction of sp³-hybridized carbons (Fsp3) is 0.421. The van der Waals surface area contributed by atoms with Crippen LogP contribution in [0, 0.1) is 13.8 Å². The summed E-state index contributed by atoms with van der Waals surface area (Å²) in [5.74, 6) is 0.797. The van der Waals surface area contributed by atoms with E-state index in [4.69, 9.17) is 4.52 Å². The van der Waals surface area contributed by atoms with Gasteiger partial charge in [-0.15, -0.1) is 5.10 Å². The number of likely N-dealkylation sites (tertiary alicyclic amines) is 1. The van der Waals surface area contributed by atoms with Crippen molar-refractivity contribution in [1.82, 2.24) is 24.6 Å². The van der Waals surface area contributed by atoms with E-state index in [1.807, 2.05) is 44.0 Å². The Bertz CT molecular complexity index is 943. The molecule has 0 aromatic carbocycles. The van der Waals surface area contributed by atoms with Gasteiger partial charge < -0.3 is 9.42 Å². The molecule has 1 aliphatic rings. The lowest BCUT2D eigenvalue weighted by Crippen LogP contribution is -2.31. The number of rotatable bonds is 4. The Morgan fingerprint density at radius 2 is 2.22 bits per heavy atom. The first-order valence-electron chi connectivity index (χ1n) is 9.11. The van der Waals surface area contributed by atoms with Gasteiger partial charge in [0.05, 0.1) is 23.1 Å². The molecule has 8 heteroatoms. The number of nitrogens with zero attached hydrogens (tertiary/aromatic N) is 5. The van der Waals surface area contributed by atoms with E-state index in [9.17, 15) is 4.79 Å². The summed E-state index contributed by atoms with van der Waals surface area (Å²) in [4.78, 5) is 20.2. The Morgan fingerprint density at radius 1 is 1.37 bits per heavy atom. The number of hydrogen-bond donors (Lipinski definition) is 0. The van der Waals surface area contributed by atoms with Gasteiger partial charge in [0.25, 0.3) is 5.91 Å². The monoisotopic (exact) mass is 383 g/mol. The minimum absolute atomic E-state index is 0.0111. The van der Waals surface area contributed by atoms with Crippen LogP contribution in [0.4, 0.5) is 0 Å². The second-order valence-corrected chi connectivity index (χ2v) is 7.48. The highest BCUT2D eigenvalue weighted by atomic mass is 32.1. The maximum absolute atomic E-state index is 13.0. The van der Waals surface area contributed by atoms with Crippen molar-refractivity contribution >= 4 is 17.4 Å². The van der Waals surface area contributed by atoms with Crippen molar-refractivity contribution in [3.05, 3.63) is 46.0 Å². The molecule has 1 saturated heterocycles. The molecule has 3 aromatic heterocycles. The summed E-state index contributed by atoms with van der Waals surface area (Å²) in [6.45, 7) is 6.54. The number of carbonyl (C=O) groups excluding carboxylic acids is 1. The summed E-state index contributed by atoms with van der Waals surface area (Å²) < 4.78 is 9.20. The Balaban J connectivity index is 1.60. The van der Waals surface area contributed by atoms with Gasteiger partial charge >= 0.3 is 0 Å². The van der Waals surface area contributed by atoms with E-state index < -0.39 is 0 Å². The molecule has 0 bridgehead atoms.